The van der Waals surface area contributed by atoms with Crippen LogP contribution in [-0.4, -0.2) is 38.8 Å². The van der Waals surface area contributed by atoms with Crippen LogP contribution in [0.2, 0.25) is 0 Å². The summed E-state index contributed by atoms with van der Waals surface area (Å²) in [5.41, 5.74) is 7.78. The molecule has 1 heterocycles. The van der Waals surface area contributed by atoms with E-state index in [0.717, 1.165) is 42.6 Å². The fourth-order valence-corrected chi connectivity index (χ4v) is 3.05. The first-order valence-electron chi connectivity index (χ1n) is 7.17. The van der Waals surface area contributed by atoms with Gasteiger partial charge < -0.3 is 20.7 Å². The van der Waals surface area contributed by atoms with Gasteiger partial charge in [0.25, 0.3) is 0 Å². The molecule has 21 heavy (non-hydrogen) atoms. The highest BCUT2D eigenvalue weighted by Crippen LogP contribution is 2.31. The second-order valence-electron chi connectivity index (χ2n) is 5.20. The predicted molar refractivity (Wildman–Crippen MR) is 87.3 cm³/mol. The van der Waals surface area contributed by atoms with E-state index in [0.29, 0.717) is 6.61 Å². The molecule has 0 saturated carbocycles. The molecule has 1 saturated heterocycles. The van der Waals surface area contributed by atoms with Gasteiger partial charge in [-0.05, 0) is 30.5 Å². The number of halogens is 1. The van der Waals surface area contributed by atoms with Crippen molar-refractivity contribution in [1.29, 1.82) is 0 Å². The lowest BCUT2D eigenvalue weighted by Gasteiger charge is -2.27. The van der Waals surface area contributed by atoms with Crippen LogP contribution in [0.1, 0.15) is 18.4 Å². The minimum absolute atomic E-state index is 0.197. The fourth-order valence-electron chi connectivity index (χ4n) is 2.70. The second kappa shape index (κ2) is 7.77. The number of benzene rings is 1. The van der Waals surface area contributed by atoms with Gasteiger partial charge >= 0.3 is 0 Å². The first kappa shape index (κ1) is 16.3. The van der Waals surface area contributed by atoms with Crippen molar-refractivity contribution in [1.82, 2.24) is 5.32 Å². The first-order chi connectivity index (χ1) is 10.1. The third-order valence-electron chi connectivity index (χ3n) is 3.74. The number of anilines is 1. The molecule has 1 aliphatic heterocycles. The van der Waals surface area contributed by atoms with E-state index in [2.05, 4.69) is 38.3 Å². The Morgan fingerprint density at radius 1 is 1.57 bits per heavy atom. The molecule has 1 aliphatic rings. The zero-order chi connectivity index (χ0) is 15.2. The summed E-state index contributed by atoms with van der Waals surface area (Å²) in [7, 11) is 1.69. The van der Waals surface area contributed by atoms with Gasteiger partial charge in [-0.15, -0.1) is 0 Å². The van der Waals surface area contributed by atoms with Crippen LogP contribution in [0.25, 0.3) is 0 Å². The van der Waals surface area contributed by atoms with Crippen LogP contribution in [-0.2, 0) is 16.1 Å². The van der Waals surface area contributed by atoms with Gasteiger partial charge in [0.1, 0.15) is 6.04 Å². The zero-order valence-electron chi connectivity index (χ0n) is 12.3. The van der Waals surface area contributed by atoms with Crippen LogP contribution in [0.4, 0.5) is 5.69 Å². The van der Waals surface area contributed by atoms with Gasteiger partial charge in [0.15, 0.2) is 0 Å². The number of rotatable bonds is 7. The summed E-state index contributed by atoms with van der Waals surface area (Å²) in [6.07, 6.45) is 1.83. The van der Waals surface area contributed by atoms with Gasteiger partial charge in [-0.1, -0.05) is 22.0 Å². The van der Waals surface area contributed by atoms with E-state index in [1.165, 1.54) is 5.56 Å². The normalized spacial score (nSPS) is 18.2. The number of primary amides is 1. The molecule has 1 fully saturated rings. The van der Waals surface area contributed by atoms with Crippen LogP contribution in [0.15, 0.2) is 22.7 Å². The van der Waals surface area contributed by atoms with Crippen molar-refractivity contribution in [2.45, 2.75) is 25.4 Å². The summed E-state index contributed by atoms with van der Waals surface area (Å²) < 4.78 is 6.04. The summed E-state index contributed by atoms with van der Waals surface area (Å²) in [6.45, 7) is 3.09. The number of nitrogens with one attached hydrogen (secondary N) is 1. The maximum Gasteiger partial charge on any atom is 0.240 e. The molecule has 0 aromatic heterocycles. The largest absolute Gasteiger partial charge is 0.383 e. The molecule has 1 aromatic rings. The number of ether oxygens (including phenoxy) is 1. The van der Waals surface area contributed by atoms with Crippen molar-refractivity contribution in [2.24, 2.45) is 5.73 Å². The van der Waals surface area contributed by atoms with Gasteiger partial charge in [0.05, 0.1) is 6.61 Å². The Bertz CT molecular complexity index is 496. The summed E-state index contributed by atoms with van der Waals surface area (Å²) in [6, 6.07) is 5.97. The number of carbonyl (C=O) groups is 1. The molecule has 1 aromatic carbocycles. The maximum atomic E-state index is 11.6. The molecule has 3 N–H and O–H groups in total. The molecule has 1 unspecified atom stereocenters. The van der Waals surface area contributed by atoms with E-state index in [1.54, 1.807) is 7.11 Å². The third kappa shape index (κ3) is 4.18. The highest BCUT2D eigenvalue weighted by Gasteiger charge is 2.30. The Labute approximate surface area is 134 Å². The van der Waals surface area contributed by atoms with Crippen molar-refractivity contribution >= 4 is 27.5 Å². The summed E-state index contributed by atoms with van der Waals surface area (Å²) in [5.74, 6) is -0.245. The monoisotopic (exact) mass is 355 g/mol. The van der Waals surface area contributed by atoms with Gasteiger partial charge in [-0.2, -0.15) is 0 Å². The third-order valence-corrected chi connectivity index (χ3v) is 4.23. The summed E-state index contributed by atoms with van der Waals surface area (Å²) >= 11 is 3.51. The zero-order valence-corrected chi connectivity index (χ0v) is 13.9. The Hall–Kier alpha value is -1.11. The molecular formula is C15H22BrN3O2. The summed E-state index contributed by atoms with van der Waals surface area (Å²) in [4.78, 5) is 13.7. The number of amides is 1. The average Bonchev–Trinajstić information content (AvgIpc) is 2.94. The number of carbonyl (C=O) groups excluding carboxylic acids is 1. The molecular weight excluding hydrogens is 334 g/mol. The van der Waals surface area contributed by atoms with E-state index in [9.17, 15) is 4.79 Å². The Morgan fingerprint density at radius 3 is 3.10 bits per heavy atom. The van der Waals surface area contributed by atoms with Crippen LogP contribution in [0.3, 0.4) is 0 Å². The Morgan fingerprint density at radius 2 is 2.38 bits per heavy atom. The number of nitrogens with zero attached hydrogens (tertiary/aromatic N) is 1. The molecule has 5 nitrogen and oxygen atoms in total. The predicted octanol–water partition coefficient (Wildman–Crippen LogP) is 1.64. The Kier molecular flexibility index (Phi) is 6.02. The van der Waals surface area contributed by atoms with Crippen LogP contribution >= 0.6 is 15.9 Å². The number of nitrogens with two attached hydrogens (primary N) is 1. The lowest BCUT2D eigenvalue weighted by molar-refractivity contribution is -0.119. The molecule has 116 valence electrons. The molecule has 1 amide bonds. The topological polar surface area (TPSA) is 67.6 Å². The van der Waals surface area contributed by atoms with Gasteiger partial charge in [0, 0.05) is 36.9 Å². The van der Waals surface area contributed by atoms with E-state index in [4.69, 9.17) is 10.5 Å². The van der Waals surface area contributed by atoms with E-state index < -0.39 is 0 Å². The van der Waals surface area contributed by atoms with E-state index in [-0.39, 0.29) is 11.9 Å². The first-order valence-corrected chi connectivity index (χ1v) is 7.97. The molecule has 2 rings (SSSR count). The van der Waals surface area contributed by atoms with Gasteiger partial charge in [-0.25, -0.2) is 0 Å². The number of hydrogen-bond donors (Lipinski definition) is 2. The SMILES string of the molecule is COCCNCc1ccc(Br)cc1N1CCCC1C(N)=O. The average molecular weight is 356 g/mol. The highest BCUT2D eigenvalue weighted by molar-refractivity contribution is 9.10. The van der Waals surface area contributed by atoms with E-state index in [1.807, 2.05) is 6.07 Å². The smallest absolute Gasteiger partial charge is 0.240 e. The molecule has 1 atom stereocenters. The highest BCUT2D eigenvalue weighted by atomic mass is 79.9. The fraction of sp³-hybridized carbons (Fsp3) is 0.533. The molecule has 0 radical (unpaired) electrons. The van der Waals surface area contributed by atoms with E-state index >= 15 is 0 Å². The lowest BCUT2D eigenvalue weighted by atomic mass is 10.1. The summed E-state index contributed by atoms with van der Waals surface area (Å²) in [5, 5.41) is 3.35. The van der Waals surface area contributed by atoms with Crippen molar-refractivity contribution in [3.05, 3.63) is 28.2 Å². The molecule has 0 bridgehead atoms. The standard InChI is InChI=1S/C15H22BrN3O2/c1-21-8-6-18-10-11-4-5-12(16)9-14(11)19-7-2-3-13(19)15(17)20/h4-5,9,13,18H,2-3,6-8,10H2,1H3,(H2,17,20). The van der Waals surface area contributed by atoms with Crippen LogP contribution in [0.5, 0.6) is 0 Å². The van der Waals surface area contributed by atoms with Gasteiger partial charge in [-0.3, -0.25) is 4.79 Å². The van der Waals surface area contributed by atoms with Crippen molar-refractivity contribution < 1.29 is 9.53 Å². The van der Waals surface area contributed by atoms with Crippen LogP contribution in [0, 0.1) is 0 Å². The van der Waals surface area contributed by atoms with Crippen molar-refractivity contribution in [2.75, 3.05) is 31.7 Å². The van der Waals surface area contributed by atoms with Crippen molar-refractivity contribution in [3.63, 3.8) is 0 Å². The molecule has 6 heteroatoms. The minimum atomic E-state index is -0.245. The maximum absolute atomic E-state index is 11.6. The second-order valence-corrected chi connectivity index (χ2v) is 6.11. The quantitative estimate of drug-likeness (QED) is 0.729. The number of methoxy groups -OCH3 is 1. The molecule has 0 aliphatic carbocycles. The minimum Gasteiger partial charge on any atom is -0.383 e. The van der Waals surface area contributed by atoms with Crippen LogP contribution < -0.4 is 16.0 Å². The number of hydrogen-bond acceptors (Lipinski definition) is 4. The van der Waals surface area contributed by atoms with Gasteiger partial charge in [0.2, 0.25) is 5.91 Å². The van der Waals surface area contributed by atoms with Crippen molar-refractivity contribution in [3.8, 4) is 0 Å². The lowest BCUT2D eigenvalue weighted by Crippen LogP contribution is -2.41. The Balaban J connectivity index is 2.16. The molecule has 0 spiro atoms.